The lowest BCUT2D eigenvalue weighted by atomic mass is 10.1. The molecule has 7 heteroatoms. The van der Waals surface area contributed by atoms with Crippen LogP contribution in [0.4, 0.5) is 17.6 Å². The van der Waals surface area contributed by atoms with Gasteiger partial charge in [0.2, 0.25) is 5.82 Å². The van der Waals surface area contributed by atoms with Crippen LogP contribution in [0.2, 0.25) is 0 Å². The number of benzene rings is 2. The monoisotopic (exact) mass is 478 g/mol. The summed E-state index contributed by atoms with van der Waals surface area (Å²) >= 11 is 0. The van der Waals surface area contributed by atoms with E-state index in [1.807, 2.05) is 0 Å². The smallest absolute Gasteiger partial charge is 0.201 e. The summed E-state index contributed by atoms with van der Waals surface area (Å²) in [6.07, 6.45) is 5.32. The molecule has 0 aromatic heterocycles. The Balaban J connectivity index is 1.52. The van der Waals surface area contributed by atoms with Gasteiger partial charge < -0.3 is 14.2 Å². The van der Waals surface area contributed by atoms with Crippen molar-refractivity contribution in [2.24, 2.45) is 5.92 Å². The highest BCUT2D eigenvalue weighted by Crippen LogP contribution is 2.31. The molecule has 0 N–H and O–H groups in total. The largest absolute Gasteiger partial charge is 0.490 e. The van der Waals surface area contributed by atoms with Gasteiger partial charge in [-0.1, -0.05) is 56.9 Å². The number of ether oxygens (including phenoxy) is 3. The zero-order chi connectivity index (χ0) is 24.5. The highest BCUT2D eigenvalue weighted by atomic mass is 19.2. The maximum Gasteiger partial charge on any atom is 0.201 e. The molecule has 0 spiro atoms. The van der Waals surface area contributed by atoms with E-state index >= 15 is 0 Å². The number of rotatable bonds is 9. The van der Waals surface area contributed by atoms with E-state index in [2.05, 4.69) is 18.8 Å². The fraction of sp³-hybridized carbons (Fsp3) is 0.481. The molecule has 1 fully saturated rings. The van der Waals surface area contributed by atoms with Crippen molar-refractivity contribution < 1.29 is 31.8 Å². The molecular formula is C27H30F4O3. The summed E-state index contributed by atoms with van der Waals surface area (Å²) < 4.78 is 73.2. The van der Waals surface area contributed by atoms with Crippen molar-refractivity contribution in [2.75, 3.05) is 19.8 Å². The van der Waals surface area contributed by atoms with Crippen LogP contribution >= 0.6 is 0 Å². The second kappa shape index (κ2) is 12.8. The molecule has 184 valence electrons. The van der Waals surface area contributed by atoms with Crippen LogP contribution in [-0.2, 0) is 9.47 Å². The van der Waals surface area contributed by atoms with E-state index in [1.165, 1.54) is 50.5 Å². The van der Waals surface area contributed by atoms with Gasteiger partial charge in [0.1, 0.15) is 0 Å². The summed E-state index contributed by atoms with van der Waals surface area (Å²) in [6.45, 7) is 4.09. The Morgan fingerprint density at radius 1 is 0.853 bits per heavy atom. The molecule has 2 aromatic carbocycles. The average molecular weight is 479 g/mol. The number of hydrogen-bond donors (Lipinski definition) is 0. The summed E-state index contributed by atoms with van der Waals surface area (Å²) in [6, 6.07) is 5.61. The molecule has 3 rings (SSSR count). The van der Waals surface area contributed by atoms with Gasteiger partial charge >= 0.3 is 0 Å². The van der Waals surface area contributed by atoms with Crippen molar-refractivity contribution in [1.29, 1.82) is 0 Å². The van der Waals surface area contributed by atoms with Crippen molar-refractivity contribution in [2.45, 2.75) is 58.7 Å². The van der Waals surface area contributed by atoms with Gasteiger partial charge in [0.15, 0.2) is 29.5 Å². The van der Waals surface area contributed by atoms with Crippen LogP contribution in [0.15, 0.2) is 24.3 Å². The Morgan fingerprint density at radius 2 is 1.56 bits per heavy atom. The lowest BCUT2D eigenvalue weighted by molar-refractivity contribution is -0.197. The molecule has 0 aliphatic carbocycles. The molecule has 2 aromatic rings. The Kier molecular flexibility index (Phi) is 9.79. The van der Waals surface area contributed by atoms with E-state index in [-0.39, 0.29) is 35.7 Å². The number of halogens is 4. The topological polar surface area (TPSA) is 27.7 Å². The Labute approximate surface area is 198 Å². The molecule has 1 aliphatic heterocycles. The van der Waals surface area contributed by atoms with Gasteiger partial charge in [-0.05, 0) is 37.1 Å². The van der Waals surface area contributed by atoms with Gasteiger partial charge in [-0.25, -0.2) is 13.2 Å². The van der Waals surface area contributed by atoms with Gasteiger partial charge in [0.25, 0.3) is 0 Å². The fourth-order valence-electron chi connectivity index (χ4n) is 3.59. The standard InChI is InChI=1S/C27H30F4O3/c1-3-4-5-6-7-8-15-32-22-14-13-21(25(30)26(22)31)27-33-16-19(17-34-27)10-12-20-11-9-18(2)23(28)24(20)29/h9,11,13-14,19,27H,3-8,15-17H2,1-2H3. The van der Waals surface area contributed by atoms with Crippen LogP contribution in [0, 0.1) is 48.0 Å². The molecule has 0 unspecified atom stereocenters. The first-order chi connectivity index (χ1) is 16.4. The molecule has 0 saturated carbocycles. The van der Waals surface area contributed by atoms with Crippen LogP contribution in [0.5, 0.6) is 5.75 Å². The molecular weight excluding hydrogens is 448 g/mol. The third-order valence-electron chi connectivity index (χ3n) is 5.67. The van der Waals surface area contributed by atoms with Crippen LogP contribution in [-0.4, -0.2) is 19.8 Å². The molecule has 0 radical (unpaired) electrons. The quantitative estimate of drug-likeness (QED) is 0.221. The van der Waals surface area contributed by atoms with E-state index in [0.29, 0.717) is 6.61 Å². The zero-order valence-corrected chi connectivity index (χ0v) is 19.6. The van der Waals surface area contributed by atoms with Gasteiger partial charge in [0, 0.05) is 5.56 Å². The number of hydrogen-bond acceptors (Lipinski definition) is 3. The summed E-state index contributed by atoms with van der Waals surface area (Å²) in [4.78, 5) is 0. The second-order valence-corrected chi connectivity index (χ2v) is 8.42. The minimum absolute atomic E-state index is 0.0603. The Hall–Kier alpha value is -2.56. The first-order valence-corrected chi connectivity index (χ1v) is 11.7. The van der Waals surface area contributed by atoms with Gasteiger partial charge in [-0.2, -0.15) is 4.39 Å². The van der Waals surface area contributed by atoms with Gasteiger partial charge in [-0.15, -0.1) is 0 Å². The highest BCUT2D eigenvalue weighted by molar-refractivity contribution is 5.39. The van der Waals surface area contributed by atoms with Crippen LogP contribution < -0.4 is 4.74 Å². The number of unbranched alkanes of at least 4 members (excludes halogenated alkanes) is 5. The Bertz CT molecular complexity index is 1020. The molecule has 0 amide bonds. The van der Waals surface area contributed by atoms with Crippen LogP contribution in [0.25, 0.3) is 0 Å². The van der Waals surface area contributed by atoms with Crippen molar-refractivity contribution >= 4 is 0 Å². The average Bonchev–Trinajstić information content (AvgIpc) is 2.84. The molecule has 3 nitrogen and oxygen atoms in total. The molecule has 1 saturated heterocycles. The van der Waals surface area contributed by atoms with Crippen LogP contribution in [0.1, 0.15) is 68.4 Å². The summed E-state index contributed by atoms with van der Waals surface area (Å²) in [5.74, 6) is 0.736. The van der Waals surface area contributed by atoms with Crippen molar-refractivity contribution in [3.8, 4) is 17.6 Å². The first kappa shape index (κ1) is 26.1. The van der Waals surface area contributed by atoms with E-state index in [1.54, 1.807) is 0 Å². The third kappa shape index (κ3) is 6.74. The first-order valence-electron chi connectivity index (χ1n) is 11.7. The SMILES string of the molecule is CCCCCCCCOc1ccc(C2OCC(C#Cc3ccc(C)c(F)c3F)CO2)c(F)c1F. The van der Waals surface area contributed by atoms with E-state index in [9.17, 15) is 17.6 Å². The minimum Gasteiger partial charge on any atom is -0.490 e. The maximum atomic E-state index is 14.6. The fourth-order valence-corrected chi connectivity index (χ4v) is 3.59. The van der Waals surface area contributed by atoms with Gasteiger partial charge in [0.05, 0.1) is 31.3 Å². The number of aryl methyl sites for hydroxylation is 1. The zero-order valence-electron chi connectivity index (χ0n) is 19.6. The van der Waals surface area contributed by atoms with E-state index < -0.39 is 35.5 Å². The van der Waals surface area contributed by atoms with Crippen LogP contribution in [0.3, 0.4) is 0 Å². The highest BCUT2D eigenvalue weighted by Gasteiger charge is 2.27. The molecule has 0 atom stereocenters. The lowest BCUT2D eigenvalue weighted by Gasteiger charge is -2.27. The summed E-state index contributed by atoms with van der Waals surface area (Å²) in [7, 11) is 0. The predicted molar refractivity (Wildman–Crippen MR) is 121 cm³/mol. The Morgan fingerprint density at radius 3 is 2.29 bits per heavy atom. The molecule has 1 heterocycles. The molecule has 34 heavy (non-hydrogen) atoms. The van der Waals surface area contributed by atoms with Crippen molar-refractivity contribution in [3.05, 3.63) is 64.2 Å². The molecule has 1 aliphatic rings. The maximum absolute atomic E-state index is 14.6. The predicted octanol–water partition coefficient (Wildman–Crippen LogP) is 7.00. The third-order valence-corrected chi connectivity index (χ3v) is 5.67. The normalized spacial score (nSPS) is 17.8. The lowest BCUT2D eigenvalue weighted by Crippen LogP contribution is -2.27. The van der Waals surface area contributed by atoms with E-state index in [4.69, 9.17) is 14.2 Å². The van der Waals surface area contributed by atoms with Gasteiger partial charge in [-0.3, -0.25) is 0 Å². The van der Waals surface area contributed by atoms with E-state index in [0.717, 1.165) is 19.3 Å². The van der Waals surface area contributed by atoms with Crippen molar-refractivity contribution in [3.63, 3.8) is 0 Å². The summed E-state index contributed by atoms with van der Waals surface area (Å²) in [5, 5.41) is 0. The molecule has 0 bridgehead atoms. The minimum atomic E-state index is -1.09. The summed E-state index contributed by atoms with van der Waals surface area (Å²) in [5.41, 5.74) is 0.0701. The van der Waals surface area contributed by atoms with Crippen molar-refractivity contribution in [1.82, 2.24) is 0 Å². The second-order valence-electron chi connectivity index (χ2n) is 8.42.